The van der Waals surface area contributed by atoms with E-state index in [0.717, 1.165) is 10.0 Å². The molecule has 0 saturated heterocycles. The van der Waals surface area contributed by atoms with E-state index >= 15 is 0 Å². The van der Waals surface area contributed by atoms with Crippen LogP contribution >= 0.6 is 15.9 Å². The minimum absolute atomic E-state index is 0.0171. The SMILES string of the molecule is Cc1cc(NC(=O)C(C#N)C(C)C)ncc1Br. The standard InChI is InChI=1S/C12H14BrN3O/c1-7(2)9(5-14)12(17)16-11-4-8(3)10(13)6-15-11/h4,6-7,9H,1-3H3,(H,15,16,17). The largest absolute Gasteiger partial charge is 0.310 e. The molecule has 0 fully saturated rings. The first-order valence-corrected chi connectivity index (χ1v) is 6.07. The summed E-state index contributed by atoms with van der Waals surface area (Å²) in [7, 11) is 0. The van der Waals surface area contributed by atoms with Gasteiger partial charge in [-0.1, -0.05) is 13.8 Å². The van der Waals surface area contributed by atoms with Crippen LogP contribution in [0.3, 0.4) is 0 Å². The zero-order valence-corrected chi connectivity index (χ0v) is 11.6. The monoisotopic (exact) mass is 295 g/mol. The van der Waals surface area contributed by atoms with Gasteiger partial charge in [-0.2, -0.15) is 5.26 Å². The van der Waals surface area contributed by atoms with E-state index in [1.807, 2.05) is 26.8 Å². The van der Waals surface area contributed by atoms with E-state index < -0.39 is 5.92 Å². The van der Waals surface area contributed by atoms with Crippen LogP contribution in [-0.2, 0) is 4.79 Å². The van der Waals surface area contributed by atoms with Crippen molar-refractivity contribution in [2.24, 2.45) is 11.8 Å². The van der Waals surface area contributed by atoms with E-state index in [0.29, 0.717) is 5.82 Å². The number of pyridine rings is 1. The summed E-state index contributed by atoms with van der Waals surface area (Å²) >= 11 is 3.33. The quantitative estimate of drug-likeness (QED) is 0.932. The molecule has 0 aliphatic heterocycles. The zero-order chi connectivity index (χ0) is 13.0. The highest BCUT2D eigenvalue weighted by Crippen LogP contribution is 2.18. The van der Waals surface area contributed by atoms with Crippen molar-refractivity contribution in [3.63, 3.8) is 0 Å². The summed E-state index contributed by atoms with van der Waals surface area (Å²) in [5, 5.41) is 11.6. The van der Waals surface area contributed by atoms with Crippen molar-refractivity contribution in [1.82, 2.24) is 4.98 Å². The highest BCUT2D eigenvalue weighted by Gasteiger charge is 2.21. The molecule has 1 unspecified atom stereocenters. The van der Waals surface area contributed by atoms with Crippen LogP contribution in [0.15, 0.2) is 16.7 Å². The minimum atomic E-state index is -0.652. The molecule has 0 aliphatic rings. The van der Waals surface area contributed by atoms with Gasteiger partial charge in [-0.3, -0.25) is 4.79 Å². The van der Waals surface area contributed by atoms with Gasteiger partial charge in [0.15, 0.2) is 0 Å². The Labute approximate surface area is 109 Å². The number of rotatable bonds is 3. The molecular formula is C12H14BrN3O. The van der Waals surface area contributed by atoms with E-state index in [2.05, 4.69) is 26.2 Å². The highest BCUT2D eigenvalue weighted by atomic mass is 79.9. The Balaban J connectivity index is 2.81. The normalized spacial score (nSPS) is 12.0. The number of nitriles is 1. The van der Waals surface area contributed by atoms with Crippen molar-refractivity contribution in [2.45, 2.75) is 20.8 Å². The van der Waals surface area contributed by atoms with E-state index in [1.54, 1.807) is 12.3 Å². The predicted octanol–water partition coefficient (Wildman–Crippen LogP) is 2.89. The summed E-state index contributed by atoms with van der Waals surface area (Å²) in [4.78, 5) is 15.9. The molecule has 0 aromatic carbocycles. The van der Waals surface area contributed by atoms with Crippen LogP contribution in [0, 0.1) is 30.1 Å². The first-order valence-electron chi connectivity index (χ1n) is 5.28. The Morgan fingerprint density at radius 2 is 2.24 bits per heavy atom. The van der Waals surface area contributed by atoms with Crippen molar-refractivity contribution >= 4 is 27.7 Å². The van der Waals surface area contributed by atoms with Gasteiger partial charge >= 0.3 is 0 Å². The second-order valence-electron chi connectivity index (χ2n) is 4.16. The predicted molar refractivity (Wildman–Crippen MR) is 69.2 cm³/mol. The number of carbonyl (C=O) groups excluding carboxylic acids is 1. The van der Waals surface area contributed by atoms with Crippen LogP contribution in [0.1, 0.15) is 19.4 Å². The molecule has 0 aliphatic carbocycles. The number of nitrogens with one attached hydrogen (secondary N) is 1. The molecule has 0 spiro atoms. The minimum Gasteiger partial charge on any atom is -0.310 e. The summed E-state index contributed by atoms with van der Waals surface area (Å²) in [5.41, 5.74) is 0.980. The Hall–Kier alpha value is -1.41. The van der Waals surface area contributed by atoms with Crippen LogP contribution in [0.2, 0.25) is 0 Å². The molecule has 90 valence electrons. The number of aromatic nitrogens is 1. The van der Waals surface area contributed by atoms with Crippen LogP contribution in [0.5, 0.6) is 0 Å². The molecule has 1 rings (SSSR count). The van der Waals surface area contributed by atoms with E-state index in [-0.39, 0.29) is 11.8 Å². The third-order valence-electron chi connectivity index (χ3n) is 2.39. The highest BCUT2D eigenvalue weighted by molar-refractivity contribution is 9.10. The lowest BCUT2D eigenvalue weighted by Gasteiger charge is -2.12. The molecule has 1 amide bonds. The van der Waals surface area contributed by atoms with E-state index in [1.165, 1.54) is 0 Å². The van der Waals surface area contributed by atoms with Gasteiger partial charge in [0.25, 0.3) is 0 Å². The van der Waals surface area contributed by atoms with Gasteiger partial charge in [0.05, 0.1) is 6.07 Å². The van der Waals surface area contributed by atoms with Crippen molar-refractivity contribution in [2.75, 3.05) is 5.32 Å². The number of amides is 1. The number of aryl methyl sites for hydroxylation is 1. The molecule has 1 aromatic heterocycles. The molecule has 0 radical (unpaired) electrons. The Morgan fingerprint density at radius 3 is 2.71 bits per heavy atom. The maximum absolute atomic E-state index is 11.8. The number of carbonyl (C=O) groups is 1. The van der Waals surface area contributed by atoms with Crippen molar-refractivity contribution in [3.8, 4) is 6.07 Å². The summed E-state index contributed by atoms with van der Waals surface area (Å²) in [5.74, 6) is -0.509. The Morgan fingerprint density at radius 1 is 1.59 bits per heavy atom. The van der Waals surface area contributed by atoms with Gasteiger partial charge in [-0.25, -0.2) is 4.98 Å². The molecule has 4 nitrogen and oxygen atoms in total. The third-order valence-corrected chi connectivity index (χ3v) is 3.22. The second kappa shape index (κ2) is 5.78. The molecule has 1 N–H and O–H groups in total. The summed E-state index contributed by atoms with van der Waals surface area (Å²) in [6, 6.07) is 3.76. The topological polar surface area (TPSA) is 65.8 Å². The van der Waals surface area contributed by atoms with Crippen molar-refractivity contribution in [1.29, 1.82) is 5.26 Å². The molecule has 1 aromatic rings. The fraction of sp³-hybridized carbons (Fsp3) is 0.417. The number of nitrogens with zero attached hydrogens (tertiary/aromatic N) is 2. The first-order chi connectivity index (χ1) is 7.95. The van der Waals surface area contributed by atoms with Gasteiger partial charge in [-0.15, -0.1) is 0 Å². The molecule has 17 heavy (non-hydrogen) atoms. The average Bonchev–Trinajstić information content (AvgIpc) is 2.24. The fourth-order valence-corrected chi connectivity index (χ4v) is 1.54. The van der Waals surface area contributed by atoms with Gasteiger partial charge in [0, 0.05) is 10.7 Å². The maximum Gasteiger partial charge on any atom is 0.243 e. The number of hydrogen-bond acceptors (Lipinski definition) is 3. The average molecular weight is 296 g/mol. The smallest absolute Gasteiger partial charge is 0.243 e. The zero-order valence-electron chi connectivity index (χ0n) is 9.99. The Bertz CT molecular complexity index is 465. The number of hydrogen-bond donors (Lipinski definition) is 1. The molecule has 5 heteroatoms. The number of anilines is 1. The first kappa shape index (κ1) is 13.7. The van der Waals surface area contributed by atoms with Gasteiger partial charge in [0.2, 0.25) is 5.91 Å². The van der Waals surface area contributed by atoms with Crippen LogP contribution in [-0.4, -0.2) is 10.9 Å². The molecule has 1 heterocycles. The third kappa shape index (κ3) is 3.53. The van der Waals surface area contributed by atoms with Crippen LogP contribution in [0.25, 0.3) is 0 Å². The lowest BCUT2D eigenvalue weighted by molar-refractivity contribution is -0.119. The summed E-state index contributed by atoms with van der Waals surface area (Å²) < 4.78 is 0.885. The second-order valence-corrected chi connectivity index (χ2v) is 5.01. The molecule has 0 bridgehead atoms. The van der Waals surface area contributed by atoms with E-state index in [9.17, 15) is 4.79 Å². The van der Waals surface area contributed by atoms with E-state index in [4.69, 9.17) is 5.26 Å². The molecule has 0 saturated carbocycles. The van der Waals surface area contributed by atoms with Crippen LogP contribution < -0.4 is 5.32 Å². The Kier molecular flexibility index (Phi) is 4.64. The summed E-state index contributed by atoms with van der Waals surface area (Å²) in [6.07, 6.45) is 1.63. The fourth-order valence-electron chi connectivity index (χ4n) is 1.32. The molecular weight excluding hydrogens is 282 g/mol. The van der Waals surface area contributed by atoms with Gasteiger partial charge in [-0.05, 0) is 40.4 Å². The maximum atomic E-state index is 11.8. The lowest BCUT2D eigenvalue weighted by atomic mass is 9.97. The van der Waals surface area contributed by atoms with Crippen molar-refractivity contribution < 1.29 is 4.79 Å². The van der Waals surface area contributed by atoms with Gasteiger partial charge < -0.3 is 5.32 Å². The molecule has 1 atom stereocenters. The summed E-state index contributed by atoms with van der Waals surface area (Å²) in [6.45, 7) is 5.59. The van der Waals surface area contributed by atoms with Crippen LogP contribution in [0.4, 0.5) is 5.82 Å². The van der Waals surface area contributed by atoms with Gasteiger partial charge in [0.1, 0.15) is 11.7 Å². The van der Waals surface area contributed by atoms with Crippen molar-refractivity contribution in [3.05, 3.63) is 22.3 Å². The number of halogens is 1. The lowest BCUT2D eigenvalue weighted by Crippen LogP contribution is -2.26.